The first-order valence-electron chi connectivity index (χ1n) is 10.4. The van der Waals surface area contributed by atoms with Gasteiger partial charge in [-0.1, -0.05) is 31.4 Å². The SMILES string of the molecule is C#CCN(Cc1ccc(F)cc1)c1ccc(NC(=O)OCC)c(NC(=O)OCCCC)c1. The summed E-state index contributed by atoms with van der Waals surface area (Å²) in [4.78, 5) is 26.0. The van der Waals surface area contributed by atoms with Crippen molar-refractivity contribution >= 4 is 29.2 Å². The summed E-state index contributed by atoms with van der Waals surface area (Å²) in [5.41, 5.74) is 2.25. The molecule has 0 bridgehead atoms. The van der Waals surface area contributed by atoms with Crippen LogP contribution in [0.2, 0.25) is 0 Å². The van der Waals surface area contributed by atoms with Gasteiger partial charge in [-0.15, -0.1) is 6.42 Å². The van der Waals surface area contributed by atoms with Crippen molar-refractivity contribution in [2.45, 2.75) is 33.2 Å². The average molecular weight is 442 g/mol. The first-order valence-corrected chi connectivity index (χ1v) is 10.4. The van der Waals surface area contributed by atoms with E-state index >= 15 is 0 Å². The number of rotatable bonds is 10. The zero-order chi connectivity index (χ0) is 23.3. The third-order valence-electron chi connectivity index (χ3n) is 4.42. The summed E-state index contributed by atoms with van der Waals surface area (Å²) in [5, 5.41) is 5.27. The number of carbonyl (C=O) groups excluding carboxylic acids is 2. The normalized spacial score (nSPS) is 10.1. The molecular weight excluding hydrogens is 413 g/mol. The van der Waals surface area contributed by atoms with Crippen LogP contribution in [0.5, 0.6) is 0 Å². The molecule has 2 aromatic rings. The second-order valence-corrected chi connectivity index (χ2v) is 6.88. The number of hydrogen-bond donors (Lipinski definition) is 2. The standard InChI is InChI=1S/C24H28FN3O4/c1-4-7-15-32-24(30)27-22-16-20(12-13-21(22)26-23(29)31-6-3)28(14-5-2)17-18-8-10-19(25)11-9-18/h2,8-13,16H,4,6-7,14-15,17H2,1,3H3,(H,26,29)(H,27,30). The maximum absolute atomic E-state index is 13.2. The van der Waals surface area contributed by atoms with E-state index in [9.17, 15) is 14.0 Å². The van der Waals surface area contributed by atoms with Gasteiger partial charge in [0.1, 0.15) is 5.82 Å². The minimum absolute atomic E-state index is 0.208. The molecule has 2 amide bonds. The predicted molar refractivity (Wildman–Crippen MR) is 123 cm³/mol. The van der Waals surface area contributed by atoms with Crippen LogP contribution in [0.3, 0.4) is 0 Å². The smallest absolute Gasteiger partial charge is 0.411 e. The molecule has 0 aromatic heterocycles. The number of hydrogen-bond acceptors (Lipinski definition) is 5. The first kappa shape index (κ1) is 24.5. The molecule has 0 heterocycles. The molecule has 0 saturated heterocycles. The Hall–Kier alpha value is -3.73. The van der Waals surface area contributed by atoms with E-state index in [1.807, 2.05) is 11.8 Å². The fourth-order valence-electron chi connectivity index (χ4n) is 2.83. The van der Waals surface area contributed by atoms with Crippen molar-refractivity contribution in [3.63, 3.8) is 0 Å². The van der Waals surface area contributed by atoms with Gasteiger partial charge in [-0.3, -0.25) is 10.6 Å². The number of benzene rings is 2. The van der Waals surface area contributed by atoms with Crippen LogP contribution in [-0.4, -0.2) is 31.9 Å². The molecule has 32 heavy (non-hydrogen) atoms. The molecule has 0 aliphatic rings. The van der Waals surface area contributed by atoms with Gasteiger partial charge in [-0.25, -0.2) is 14.0 Å². The Morgan fingerprint density at radius 2 is 1.72 bits per heavy atom. The van der Waals surface area contributed by atoms with Crippen LogP contribution >= 0.6 is 0 Å². The summed E-state index contributed by atoms with van der Waals surface area (Å²) in [5.74, 6) is 2.29. The Morgan fingerprint density at radius 3 is 2.38 bits per heavy atom. The Balaban J connectivity index is 2.29. The van der Waals surface area contributed by atoms with Gasteiger partial charge in [0.2, 0.25) is 0 Å². The van der Waals surface area contributed by atoms with E-state index in [0.717, 1.165) is 18.4 Å². The zero-order valence-electron chi connectivity index (χ0n) is 18.3. The van der Waals surface area contributed by atoms with E-state index in [-0.39, 0.29) is 25.6 Å². The average Bonchev–Trinajstić information content (AvgIpc) is 2.76. The van der Waals surface area contributed by atoms with E-state index in [2.05, 4.69) is 16.6 Å². The highest BCUT2D eigenvalue weighted by atomic mass is 19.1. The lowest BCUT2D eigenvalue weighted by atomic mass is 10.1. The van der Waals surface area contributed by atoms with E-state index in [4.69, 9.17) is 15.9 Å². The topological polar surface area (TPSA) is 79.9 Å². The molecule has 0 atom stereocenters. The number of nitrogens with zero attached hydrogens (tertiary/aromatic N) is 1. The molecule has 8 heteroatoms. The van der Waals surface area contributed by atoms with Crippen LogP contribution in [-0.2, 0) is 16.0 Å². The van der Waals surface area contributed by atoms with Gasteiger partial charge in [0, 0.05) is 12.2 Å². The van der Waals surface area contributed by atoms with E-state index in [1.54, 1.807) is 37.3 Å². The Kier molecular flexibility index (Phi) is 9.85. The van der Waals surface area contributed by atoms with Gasteiger partial charge in [0.05, 0.1) is 31.1 Å². The van der Waals surface area contributed by atoms with E-state index in [1.165, 1.54) is 12.1 Å². The highest BCUT2D eigenvalue weighted by Crippen LogP contribution is 2.29. The van der Waals surface area contributed by atoms with Gasteiger partial charge in [-0.2, -0.15) is 0 Å². The Labute approximate surface area is 187 Å². The van der Waals surface area contributed by atoms with Crippen LogP contribution < -0.4 is 15.5 Å². The first-order chi connectivity index (χ1) is 15.5. The Morgan fingerprint density at radius 1 is 1.03 bits per heavy atom. The van der Waals surface area contributed by atoms with Crippen LogP contribution in [0, 0.1) is 18.2 Å². The molecular formula is C24H28FN3O4. The molecule has 7 nitrogen and oxygen atoms in total. The summed E-state index contributed by atoms with van der Waals surface area (Å²) in [7, 11) is 0. The molecule has 0 aliphatic heterocycles. The number of anilines is 3. The highest BCUT2D eigenvalue weighted by Gasteiger charge is 2.15. The summed E-state index contributed by atoms with van der Waals surface area (Å²) in [6.45, 7) is 4.89. The lowest BCUT2D eigenvalue weighted by molar-refractivity contribution is 0.159. The van der Waals surface area contributed by atoms with Gasteiger partial charge >= 0.3 is 12.2 Å². The van der Waals surface area contributed by atoms with Crippen molar-refractivity contribution in [3.05, 3.63) is 53.8 Å². The number of halogens is 1. The summed E-state index contributed by atoms with van der Waals surface area (Å²) in [6.07, 6.45) is 5.90. The minimum atomic E-state index is -0.644. The van der Waals surface area contributed by atoms with Gasteiger partial charge < -0.3 is 14.4 Å². The maximum atomic E-state index is 13.2. The summed E-state index contributed by atoms with van der Waals surface area (Å²) < 4.78 is 23.3. The molecule has 2 rings (SSSR count). The molecule has 0 spiro atoms. The minimum Gasteiger partial charge on any atom is -0.450 e. The second-order valence-electron chi connectivity index (χ2n) is 6.88. The number of nitrogens with one attached hydrogen (secondary N) is 2. The third kappa shape index (κ3) is 7.84. The molecule has 0 aliphatic carbocycles. The number of terminal acetylenes is 1. The van der Waals surface area contributed by atoms with Crippen molar-refractivity contribution in [3.8, 4) is 12.3 Å². The van der Waals surface area contributed by atoms with Crippen molar-refractivity contribution in [1.82, 2.24) is 0 Å². The summed E-state index contributed by atoms with van der Waals surface area (Å²) >= 11 is 0. The highest BCUT2D eigenvalue weighted by molar-refractivity contribution is 5.96. The molecule has 170 valence electrons. The van der Waals surface area contributed by atoms with Crippen molar-refractivity contribution in [1.29, 1.82) is 0 Å². The molecule has 0 unspecified atom stereocenters. The van der Waals surface area contributed by atoms with Crippen LogP contribution in [0.4, 0.5) is 31.0 Å². The molecule has 0 saturated carbocycles. The van der Waals surface area contributed by atoms with Crippen molar-refractivity contribution < 1.29 is 23.5 Å². The number of carbonyl (C=O) groups is 2. The molecule has 2 N–H and O–H groups in total. The maximum Gasteiger partial charge on any atom is 0.411 e. The molecule has 0 fully saturated rings. The Bertz CT molecular complexity index is 941. The van der Waals surface area contributed by atoms with Crippen molar-refractivity contribution in [2.24, 2.45) is 0 Å². The number of amides is 2. The summed E-state index contributed by atoms with van der Waals surface area (Å²) in [6, 6.07) is 11.2. The van der Waals surface area contributed by atoms with Gasteiger partial charge in [-0.05, 0) is 49.2 Å². The van der Waals surface area contributed by atoms with Crippen molar-refractivity contribution in [2.75, 3.05) is 35.3 Å². The van der Waals surface area contributed by atoms with Gasteiger partial charge in [0.15, 0.2) is 0 Å². The molecule has 2 aromatic carbocycles. The largest absolute Gasteiger partial charge is 0.450 e. The lowest BCUT2D eigenvalue weighted by Gasteiger charge is -2.24. The zero-order valence-corrected chi connectivity index (χ0v) is 18.3. The number of ether oxygens (including phenoxy) is 2. The second kappa shape index (κ2) is 12.8. The fourth-order valence-corrected chi connectivity index (χ4v) is 2.83. The predicted octanol–water partition coefficient (Wildman–Crippen LogP) is 5.38. The molecule has 0 radical (unpaired) electrons. The quantitative estimate of drug-likeness (QED) is 0.382. The van der Waals surface area contributed by atoms with Crippen LogP contribution in [0.1, 0.15) is 32.3 Å². The van der Waals surface area contributed by atoms with E-state index in [0.29, 0.717) is 23.6 Å². The van der Waals surface area contributed by atoms with Crippen LogP contribution in [0.25, 0.3) is 0 Å². The number of unbranched alkanes of at least 4 members (excludes halogenated alkanes) is 1. The third-order valence-corrected chi connectivity index (χ3v) is 4.42. The van der Waals surface area contributed by atoms with Crippen LogP contribution in [0.15, 0.2) is 42.5 Å². The van der Waals surface area contributed by atoms with E-state index < -0.39 is 12.2 Å². The van der Waals surface area contributed by atoms with Gasteiger partial charge in [0.25, 0.3) is 0 Å². The monoisotopic (exact) mass is 441 g/mol. The lowest BCUT2D eigenvalue weighted by Crippen LogP contribution is -2.24. The fraction of sp³-hybridized carbons (Fsp3) is 0.333.